The molecule has 1 aromatic carbocycles. The van der Waals surface area contributed by atoms with Crippen LogP contribution in [0, 0.1) is 0 Å². The topological polar surface area (TPSA) is 41.6 Å². The maximum atomic E-state index is 12.1. The summed E-state index contributed by atoms with van der Waals surface area (Å²) < 4.78 is 5.60. The van der Waals surface area contributed by atoms with Gasteiger partial charge in [-0.1, -0.05) is 12.1 Å². The lowest BCUT2D eigenvalue weighted by Crippen LogP contribution is -2.41. The van der Waals surface area contributed by atoms with E-state index in [1.165, 1.54) is 0 Å². The van der Waals surface area contributed by atoms with Crippen molar-refractivity contribution < 1.29 is 9.53 Å². The number of carbonyl (C=O) groups excluding carboxylic acids is 1. The van der Waals surface area contributed by atoms with Crippen molar-refractivity contribution in [3.63, 3.8) is 0 Å². The molecule has 0 saturated carbocycles. The molecule has 0 unspecified atom stereocenters. The average Bonchev–Trinajstić information content (AvgIpc) is 2.36. The first kappa shape index (κ1) is 12.9. The van der Waals surface area contributed by atoms with Crippen molar-refractivity contribution in [1.82, 2.24) is 5.32 Å². The lowest BCUT2D eigenvalue weighted by atomic mass is 10.2. The summed E-state index contributed by atoms with van der Waals surface area (Å²) in [5, 5.41) is 3.16. The second-order valence-corrected chi connectivity index (χ2v) is 4.33. The molecule has 0 bridgehead atoms. The number of rotatable bonds is 3. The molecule has 0 aromatic heterocycles. The van der Waals surface area contributed by atoms with Crippen LogP contribution < -0.4 is 15.0 Å². The molecule has 1 aromatic rings. The van der Waals surface area contributed by atoms with Crippen molar-refractivity contribution in [2.45, 2.75) is 19.8 Å². The van der Waals surface area contributed by atoms with E-state index in [-0.39, 0.29) is 5.91 Å². The highest BCUT2D eigenvalue weighted by molar-refractivity contribution is 5.96. The van der Waals surface area contributed by atoms with E-state index in [0.29, 0.717) is 13.2 Å². The number of anilines is 1. The van der Waals surface area contributed by atoms with E-state index < -0.39 is 0 Å². The van der Waals surface area contributed by atoms with E-state index >= 15 is 0 Å². The van der Waals surface area contributed by atoms with Crippen molar-refractivity contribution in [2.75, 3.05) is 31.1 Å². The summed E-state index contributed by atoms with van der Waals surface area (Å²) in [6.45, 7) is 4.66. The number of hydrogen-bond donors (Lipinski definition) is 1. The van der Waals surface area contributed by atoms with Crippen molar-refractivity contribution in [3.8, 4) is 5.75 Å². The van der Waals surface area contributed by atoms with Crippen molar-refractivity contribution in [2.24, 2.45) is 0 Å². The van der Waals surface area contributed by atoms with Gasteiger partial charge in [0.25, 0.3) is 0 Å². The zero-order chi connectivity index (χ0) is 12.8. The highest BCUT2D eigenvalue weighted by Crippen LogP contribution is 2.28. The summed E-state index contributed by atoms with van der Waals surface area (Å²) in [4.78, 5) is 14.0. The van der Waals surface area contributed by atoms with Crippen molar-refractivity contribution >= 4 is 11.6 Å². The van der Waals surface area contributed by atoms with Crippen LogP contribution >= 0.6 is 0 Å². The molecule has 1 fully saturated rings. The van der Waals surface area contributed by atoms with Crippen LogP contribution in [-0.2, 0) is 4.79 Å². The molecule has 0 spiro atoms. The molecule has 0 radical (unpaired) electrons. The number of ether oxygens (including phenoxy) is 1. The summed E-state index contributed by atoms with van der Waals surface area (Å²) in [5.41, 5.74) is 0.882. The zero-order valence-corrected chi connectivity index (χ0v) is 10.8. The van der Waals surface area contributed by atoms with Gasteiger partial charge in [0.1, 0.15) is 5.75 Å². The summed E-state index contributed by atoms with van der Waals surface area (Å²) in [6.07, 6.45) is 2.11. The Labute approximate surface area is 108 Å². The molecule has 18 heavy (non-hydrogen) atoms. The molecular formula is C14H20N2O2. The molecule has 1 aliphatic heterocycles. The Morgan fingerprint density at radius 2 is 2.17 bits per heavy atom. The van der Waals surface area contributed by atoms with Crippen molar-refractivity contribution in [3.05, 3.63) is 24.3 Å². The number of carbonyl (C=O) groups is 1. The van der Waals surface area contributed by atoms with Crippen LogP contribution in [0.25, 0.3) is 0 Å². The van der Waals surface area contributed by atoms with E-state index in [0.717, 1.165) is 37.4 Å². The van der Waals surface area contributed by atoms with Gasteiger partial charge in [-0.3, -0.25) is 4.79 Å². The Morgan fingerprint density at radius 3 is 3.00 bits per heavy atom. The summed E-state index contributed by atoms with van der Waals surface area (Å²) >= 11 is 0. The van der Waals surface area contributed by atoms with Crippen LogP contribution in [0.2, 0.25) is 0 Å². The van der Waals surface area contributed by atoms with Gasteiger partial charge in [0.2, 0.25) is 5.91 Å². The molecule has 1 heterocycles. The van der Waals surface area contributed by atoms with Crippen LogP contribution in [0.4, 0.5) is 5.69 Å². The molecule has 0 aliphatic carbocycles. The highest BCUT2D eigenvalue weighted by Gasteiger charge is 2.19. The molecule has 1 saturated heterocycles. The van der Waals surface area contributed by atoms with Gasteiger partial charge in [-0.15, -0.1) is 0 Å². The Hall–Kier alpha value is -1.55. The van der Waals surface area contributed by atoms with Gasteiger partial charge in [-0.25, -0.2) is 0 Å². The summed E-state index contributed by atoms with van der Waals surface area (Å²) in [5.74, 6) is 0.899. The predicted octanol–water partition coefficient (Wildman–Crippen LogP) is 1.80. The molecule has 1 amide bonds. The number of nitrogens with one attached hydrogen (secondary N) is 1. The fourth-order valence-electron chi connectivity index (χ4n) is 2.15. The minimum Gasteiger partial charge on any atom is -0.492 e. The van der Waals surface area contributed by atoms with Crippen LogP contribution in [0.5, 0.6) is 5.75 Å². The van der Waals surface area contributed by atoms with E-state index in [1.54, 1.807) is 0 Å². The first-order valence-electron chi connectivity index (χ1n) is 6.56. The fourth-order valence-corrected chi connectivity index (χ4v) is 2.15. The number of hydrogen-bond acceptors (Lipinski definition) is 3. The molecule has 1 N–H and O–H groups in total. The first-order valence-corrected chi connectivity index (χ1v) is 6.56. The Morgan fingerprint density at radius 1 is 1.33 bits per heavy atom. The van der Waals surface area contributed by atoms with Gasteiger partial charge in [0, 0.05) is 6.54 Å². The zero-order valence-electron chi connectivity index (χ0n) is 10.8. The minimum absolute atomic E-state index is 0.113. The monoisotopic (exact) mass is 248 g/mol. The minimum atomic E-state index is 0.113. The fraction of sp³-hybridized carbons (Fsp3) is 0.500. The van der Waals surface area contributed by atoms with E-state index in [4.69, 9.17) is 4.74 Å². The van der Waals surface area contributed by atoms with Crippen LogP contribution in [0.1, 0.15) is 19.8 Å². The molecule has 98 valence electrons. The maximum absolute atomic E-state index is 12.1. The van der Waals surface area contributed by atoms with Gasteiger partial charge in [0.05, 0.1) is 18.8 Å². The normalized spacial score (nSPS) is 17.2. The van der Waals surface area contributed by atoms with Crippen LogP contribution in [0.15, 0.2) is 24.3 Å². The Bertz CT molecular complexity index is 407. The lowest BCUT2D eigenvalue weighted by Gasteiger charge is -2.27. The maximum Gasteiger partial charge on any atom is 0.241 e. The number of para-hydroxylation sites is 2. The largest absolute Gasteiger partial charge is 0.492 e. The second-order valence-electron chi connectivity index (χ2n) is 4.33. The molecule has 4 heteroatoms. The van der Waals surface area contributed by atoms with Crippen molar-refractivity contribution in [1.29, 1.82) is 0 Å². The SMILES string of the molecule is CCOc1ccccc1N1CCCCNCC1=O. The molecule has 2 rings (SSSR count). The lowest BCUT2D eigenvalue weighted by molar-refractivity contribution is -0.118. The van der Waals surface area contributed by atoms with E-state index in [1.807, 2.05) is 36.1 Å². The van der Waals surface area contributed by atoms with Crippen LogP contribution in [-0.4, -0.2) is 32.1 Å². The van der Waals surface area contributed by atoms with Gasteiger partial charge >= 0.3 is 0 Å². The quantitative estimate of drug-likeness (QED) is 0.887. The standard InChI is InChI=1S/C14H20N2O2/c1-2-18-13-8-4-3-7-12(13)16-10-6-5-9-15-11-14(16)17/h3-4,7-8,15H,2,5-6,9-11H2,1H3. The van der Waals surface area contributed by atoms with Crippen LogP contribution in [0.3, 0.4) is 0 Å². The first-order chi connectivity index (χ1) is 8.83. The second kappa shape index (κ2) is 6.40. The highest BCUT2D eigenvalue weighted by atomic mass is 16.5. The predicted molar refractivity (Wildman–Crippen MR) is 72.1 cm³/mol. The number of benzene rings is 1. The number of amides is 1. The van der Waals surface area contributed by atoms with Gasteiger partial charge in [-0.2, -0.15) is 0 Å². The third-order valence-electron chi connectivity index (χ3n) is 3.02. The summed E-state index contributed by atoms with van der Waals surface area (Å²) in [6, 6.07) is 7.74. The third kappa shape index (κ3) is 3.01. The third-order valence-corrected chi connectivity index (χ3v) is 3.02. The Kier molecular flexibility index (Phi) is 4.59. The smallest absolute Gasteiger partial charge is 0.241 e. The molecule has 0 atom stereocenters. The van der Waals surface area contributed by atoms with E-state index in [9.17, 15) is 4.79 Å². The molecule has 4 nitrogen and oxygen atoms in total. The summed E-state index contributed by atoms with van der Waals surface area (Å²) in [7, 11) is 0. The number of nitrogens with zero attached hydrogens (tertiary/aromatic N) is 1. The van der Waals surface area contributed by atoms with Gasteiger partial charge < -0.3 is 15.0 Å². The molecular weight excluding hydrogens is 228 g/mol. The van der Waals surface area contributed by atoms with Gasteiger partial charge in [-0.05, 0) is 38.4 Å². The Balaban J connectivity index is 2.23. The average molecular weight is 248 g/mol. The van der Waals surface area contributed by atoms with Gasteiger partial charge in [0.15, 0.2) is 0 Å². The van der Waals surface area contributed by atoms with E-state index in [2.05, 4.69) is 5.32 Å². The molecule has 1 aliphatic rings.